The standard InChI is InChI=1S/C19H29N5O3/c1-5-14(3)27-16-10-13(2)6-7-15(16)11-22-18(20-4)21-8-9-24-17(25)12-23-19(24)26/h6-7,10,14H,5,8-9,11-12H2,1-4H3,(H,23,26)(H2,20,21,22). The molecule has 1 heterocycles. The van der Waals surface area contributed by atoms with Crippen LogP contribution in [0.3, 0.4) is 0 Å². The molecule has 1 saturated heterocycles. The van der Waals surface area contributed by atoms with Gasteiger partial charge in [-0.1, -0.05) is 19.1 Å². The van der Waals surface area contributed by atoms with E-state index in [1.165, 1.54) is 4.90 Å². The van der Waals surface area contributed by atoms with Crippen LogP contribution in [0, 0.1) is 6.92 Å². The molecule has 1 atom stereocenters. The zero-order valence-electron chi connectivity index (χ0n) is 16.5. The van der Waals surface area contributed by atoms with E-state index in [1.807, 2.05) is 25.1 Å². The van der Waals surface area contributed by atoms with Gasteiger partial charge in [-0.25, -0.2) is 4.79 Å². The van der Waals surface area contributed by atoms with Crippen molar-refractivity contribution in [2.75, 3.05) is 26.7 Å². The van der Waals surface area contributed by atoms with Crippen molar-refractivity contribution in [1.29, 1.82) is 0 Å². The molecule has 0 radical (unpaired) electrons. The first kappa shape index (κ1) is 20.5. The number of urea groups is 1. The van der Waals surface area contributed by atoms with Gasteiger partial charge >= 0.3 is 6.03 Å². The summed E-state index contributed by atoms with van der Waals surface area (Å²) in [5.74, 6) is 1.25. The molecule has 0 aromatic heterocycles. The third-order valence-electron chi connectivity index (χ3n) is 4.36. The number of carbonyl (C=O) groups is 2. The molecule has 1 aromatic carbocycles. The van der Waals surface area contributed by atoms with Crippen LogP contribution in [0.4, 0.5) is 4.79 Å². The second-order valence-electron chi connectivity index (χ2n) is 6.50. The fourth-order valence-corrected chi connectivity index (χ4v) is 2.58. The van der Waals surface area contributed by atoms with Crippen LogP contribution in [-0.2, 0) is 11.3 Å². The van der Waals surface area contributed by atoms with Gasteiger partial charge in [-0.2, -0.15) is 0 Å². The van der Waals surface area contributed by atoms with Crippen LogP contribution in [-0.4, -0.2) is 55.6 Å². The Kier molecular flexibility index (Phi) is 7.45. The molecule has 3 N–H and O–H groups in total. The topological polar surface area (TPSA) is 95.1 Å². The van der Waals surface area contributed by atoms with Crippen molar-refractivity contribution < 1.29 is 14.3 Å². The van der Waals surface area contributed by atoms with E-state index >= 15 is 0 Å². The quantitative estimate of drug-likeness (QED) is 0.363. The summed E-state index contributed by atoms with van der Waals surface area (Å²) >= 11 is 0. The zero-order chi connectivity index (χ0) is 19.8. The van der Waals surface area contributed by atoms with Gasteiger partial charge in [0.05, 0.1) is 12.6 Å². The molecule has 3 amide bonds. The molecule has 8 nitrogen and oxygen atoms in total. The summed E-state index contributed by atoms with van der Waals surface area (Å²) in [6, 6.07) is 5.78. The van der Waals surface area contributed by atoms with Gasteiger partial charge in [0, 0.05) is 32.2 Å². The summed E-state index contributed by atoms with van der Waals surface area (Å²) in [6.45, 7) is 7.51. The van der Waals surface area contributed by atoms with Crippen molar-refractivity contribution in [3.05, 3.63) is 29.3 Å². The Morgan fingerprint density at radius 3 is 2.78 bits per heavy atom. The van der Waals surface area contributed by atoms with Crippen LogP contribution in [0.15, 0.2) is 23.2 Å². The number of hydrogen-bond donors (Lipinski definition) is 3. The summed E-state index contributed by atoms with van der Waals surface area (Å²) in [6.07, 6.45) is 1.08. The van der Waals surface area contributed by atoms with Crippen molar-refractivity contribution in [1.82, 2.24) is 20.9 Å². The number of amides is 3. The summed E-state index contributed by atoms with van der Waals surface area (Å²) in [5.41, 5.74) is 2.19. The van der Waals surface area contributed by atoms with E-state index in [-0.39, 0.29) is 31.1 Å². The van der Waals surface area contributed by atoms with E-state index in [0.717, 1.165) is 23.3 Å². The molecule has 1 unspecified atom stereocenters. The smallest absolute Gasteiger partial charge is 0.324 e. The Hall–Kier alpha value is -2.77. The summed E-state index contributed by atoms with van der Waals surface area (Å²) in [5, 5.41) is 8.85. The number of aryl methyl sites for hydroxylation is 1. The number of benzene rings is 1. The highest BCUT2D eigenvalue weighted by molar-refractivity contribution is 6.01. The molecular formula is C19H29N5O3. The first-order valence-corrected chi connectivity index (χ1v) is 9.23. The van der Waals surface area contributed by atoms with E-state index in [1.54, 1.807) is 7.05 Å². The van der Waals surface area contributed by atoms with Crippen molar-refractivity contribution in [2.45, 2.75) is 39.8 Å². The Morgan fingerprint density at radius 2 is 2.15 bits per heavy atom. The van der Waals surface area contributed by atoms with Crippen LogP contribution in [0.1, 0.15) is 31.4 Å². The maximum atomic E-state index is 11.6. The lowest BCUT2D eigenvalue weighted by molar-refractivity contribution is -0.124. The maximum absolute atomic E-state index is 11.6. The molecular weight excluding hydrogens is 346 g/mol. The lowest BCUT2D eigenvalue weighted by atomic mass is 10.1. The van der Waals surface area contributed by atoms with Gasteiger partial charge in [-0.05, 0) is 31.9 Å². The van der Waals surface area contributed by atoms with Crippen LogP contribution in [0.5, 0.6) is 5.75 Å². The largest absolute Gasteiger partial charge is 0.490 e. The molecule has 2 rings (SSSR count). The average Bonchev–Trinajstić information content (AvgIpc) is 2.97. The molecule has 0 saturated carbocycles. The van der Waals surface area contributed by atoms with Gasteiger partial charge in [-0.15, -0.1) is 0 Å². The van der Waals surface area contributed by atoms with Crippen molar-refractivity contribution in [3.8, 4) is 5.75 Å². The van der Waals surface area contributed by atoms with E-state index in [9.17, 15) is 9.59 Å². The number of imide groups is 1. The first-order chi connectivity index (χ1) is 12.9. The molecule has 1 aliphatic heterocycles. The minimum atomic E-state index is -0.351. The highest BCUT2D eigenvalue weighted by Gasteiger charge is 2.27. The third-order valence-corrected chi connectivity index (χ3v) is 4.36. The summed E-state index contributed by atoms with van der Waals surface area (Å²) in [7, 11) is 1.68. The molecule has 8 heteroatoms. The Bertz CT molecular complexity index is 689. The van der Waals surface area contributed by atoms with Crippen molar-refractivity contribution >= 4 is 17.9 Å². The molecule has 0 bridgehead atoms. The van der Waals surface area contributed by atoms with Gasteiger partial charge in [0.15, 0.2) is 5.96 Å². The van der Waals surface area contributed by atoms with Gasteiger partial charge < -0.3 is 20.7 Å². The minimum absolute atomic E-state index is 0.0676. The second-order valence-corrected chi connectivity index (χ2v) is 6.50. The van der Waals surface area contributed by atoms with Crippen molar-refractivity contribution in [2.24, 2.45) is 4.99 Å². The molecule has 27 heavy (non-hydrogen) atoms. The summed E-state index contributed by atoms with van der Waals surface area (Å²) < 4.78 is 6.02. The molecule has 1 fully saturated rings. The molecule has 0 aliphatic carbocycles. The van der Waals surface area contributed by atoms with Crippen LogP contribution in [0.25, 0.3) is 0 Å². The normalized spacial score (nSPS) is 15.6. The predicted octanol–water partition coefficient (Wildman–Crippen LogP) is 1.39. The number of rotatable bonds is 8. The van der Waals surface area contributed by atoms with E-state index in [2.05, 4.69) is 34.8 Å². The van der Waals surface area contributed by atoms with Crippen LogP contribution < -0.4 is 20.7 Å². The second kappa shape index (κ2) is 9.80. The van der Waals surface area contributed by atoms with Gasteiger partial charge in [0.2, 0.25) is 5.91 Å². The third kappa shape index (κ3) is 5.87. The molecule has 0 spiro atoms. The SMILES string of the molecule is CCC(C)Oc1cc(C)ccc1CNC(=NC)NCCN1C(=O)CNC1=O. The van der Waals surface area contributed by atoms with E-state index in [0.29, 0.717) is 19.0 Å². The number of nitrogens with one attached hydrogen (secondary N) is 3. The van der Waals surface area contributed by atoms with Gasteiger partial charge in [-0.3, -0.25) is 14.7 Å². The van der Waals surface area contributed by atoms with Crippen molar-refractivity contribution in [3.63, 3.8) is 0 Å². The van der Waals surface area contributed by atoms with Gasteiger partial charge in [0.1, 0.15) is 5.75 Å². The Morgan fingerprint density at radius 1 is 1.37 bits per heavy atom. The number of aliphatic imine (C=N–C) groups is 1. The number of hydrogen-bond acceptors (Lipinski definition) is 4. The van der Waals surface area contributed by atoms with E-state index < -0.39 is 0 Å². The maximum Gasteiger partial charge on any atom is 0.324 e. The first-order valence-electron chi connectivity index (χ1n) is 9.23. The highest BCUT2D eigenvalue weighted by atomic mass is 16.5. The van der Waals surface area contributed by atoms with Crippen LogP contribution >= 0.6 is 0 Å². The Labute approximate surface area is 160 Å². The average molecular weight is 375 g/mol. The van der Waals surface area contributed by atoms with E-state index in [4.69, 9.17) is 4.74 Å². The molecule has 1 aromatic rings. The minimum Gasteiger partial charge on any atom is -0.490 e. The number of carbonyl (C=O) groups excluding carboxylic acids is 2. The van der Waals surface area contributed by atoms with Gasteiger partial charge in [0.25, 0.3) is 0 Å². The summed E-state index contributed by atoms with van der Waals surface area (Å²) in [4.78, 5) is 28.5. The van der Waals surface area contributed by atoms with Crippen LogP contribution in [0.2, 0.25) is 0 Å². The number of guanidine groups is 1. The monoisotopic (exact) mass is 375 g/mol. The number of nitrogens with zero attached hydrogens (tertiary/aromatic N) is 2. The highest BCUT2D eigenvalue weighted by Crippen LogP contribution is 2.22. The molecule has 1 aliphatic rings. The lowest BCUT2D eigenvalue weighted by Gasteiger charge is -2.19. The lowest BCUT2D eigenvalue weighted by Crippen LogP contribution is -2.43. The fourth-order valence-electron chi connectivity index (χ4n) is 2.58. The zero-order valence-corrected chi connectivity index (χ0v) is 16.5. The molecule has 148 valence electrons. The predicted molar refractivity (Wildman–Crippen MR) is 105 cm³/mol. The fraction of sp³-hybridized carbons (Fsp3) is 0.526. The Balaban J connectivity index is 1.88. The number of ether oxygens (including phenoxy) is 1.